The summed E-state index contributed by atoms with van der Waals surface area (Å²) in [7, 11) is 1.28. The third kappa shape index (κ3) is 1.75. The fourth-order valence-electron chi connectivity index (χ4n) is 1.95. The van der Waals surface area contributed by atoms with Crippen molar-refractivity contribution in [1.29, 1.82) is 5.26 Å². The predicted octanol–water partition coefficient (Wildman–Crippen LogP) is 0.899. The minimum atomic E-state index is -0.529. The summed E-state index contributed by atoms with van der Waals surface area (Å²) in [6.45, 7) is 9.87. The standard InChI is InChI=1S/C12H18BN3O2/c1-8-10(9(7-14)15-16(8)6)13-17-11(2,3)12(4,5)18-13/h1-6H3. The molecule has 0 atom stereocenters. The molecule has 0 spiro atoms. The third-order valence-electron chi connectivity index (χ3n) is 3.98. The lowest BCUT2D eigenvalue weighted by molar-refractivity contribution is 0.00578. The van der Waals surface area contributed by atoms with Gasteiger partial charge in [0.2, 0.25) is 0 Å². The molecule has 1 saturated heterocycles. The first kappa shape index (κ1) is 13.1. The van der Waals surface area contributed by atoms with Crippen molar-refractivity contribution in [2.24, 2.45) is 7.05 Å². The highest BCUT2D eigenvalue weighted by Gasteiger charge is 2.53. The van der Waals surface area contributed by atoms with E-state index >= 15 is 0 Å². The van der Waals surface area contributed by atoms with Gasteiger partial charge in [-0.25, -0.2) is 0 Å². The van der Waals surface area contributed by atoms with Gasteiger partial charge in [-0.15, -0.1) is 0 Å². The van der Waals surface area contributed by atoms with Crippen LogP contribution in [0.1, 0.15) is 39.1 Å². The zero-order valence-corrected chi connectivity index (χ0v) is 11.7. The Morgan fingerprint density at radius 1 is 1.22 bits per heavy atom. The van der Waals surface area contributed by atoms with Crippen molar-refractivity contribution >= 4 is 12.6 Å². The van der Waals surface area contributed by atoms with Crippen molar-refractivity contribution in [2.75, 3.05) is 0 Å². The Morgan fingerprint density at radius 3 is 2.17 bits per heavy atom. The Labute approximate surface area is 108 Å². The molecule has 0 amide bonds. The first-order valence-corrected chi connectivity index (χ1v) is 5.99. The molecule has 0 unspecified atom stereocenters. The topological polar surface area (TPSA) is 60.1 Å². The van der Waals surface area contributed by atoms with Gasteiger partial charge >= 0.3 is 7.12 Å². The zero-order valence-electron chi connectivity index (χ0n) is 11.7. The van der Waals surface area contributed by atoms with E-state index in [1.54, 1.807) is 4.68 Å². The number of hydrogen-bond acceptors (Lipinski definition) is 4. The molecule has 1 aromatic rings. The summed E-state index contributed by atoms with van der Waals surface area (Å²) < 4.78 is 13.6. The van der Waals surface area contributed by atoms with Crippen LogP contribution in [0.3, 0.4) is 0 Å². The maximum atomic E-state index is 9.14. The van der Waals surface area contributed by atoms with E-state index in [0.717, 1.165) is 11.2 Å². The van der Waals surface area contributed by atoms with Crippen LogP contribution in [0.5, 0.6) is 0 Å². The van der Waals surface area contributed by atoms with Gasteiger partial charge in [-0.3, -0.25) is 4.68 Å². The highest BCUT2D eigenvalue weighted by Crippen LogP contribution is 2.36. The van der Waals surface area contributed by atoms with Crippen LogP contribution >= 0.6 is 0 Å². The van der Waals surface area contributed by atoms with E-state index in [-0.39, 0.29) is 0 Å². The van der Waals surface area contributed by atoms with Crippen LogP contribution in [0, 0.1) is 18.3 Å². The van der Waals surface area contributed by atoms with Gasteiger partial charge in [0.15, 0.2) is 5.69 Å². The molecule has 1 aliphatic heterocycles. The maximum absolute atomic E-state index is 9.14. The van der Waals surface area contributed by atoms with Gasteiger partial charge in [0.1, 0.15) is 6.07 Å². The molecule has 0 aromatic carbocycles. The Balaban J connectivity index is 2.45. The van der Waals surface area contributed by atoms with Crippen molar-refractivity contribution < 1.29 is 9.31 Å². The molecule has 96 valence electrons. The van der Waals surface area contributed by atoms with Crippen molar-refractivity contribution in [3.8, 4) is 6.07 Å². The first-order valence-electron chi connectivity index (χ1n) is 5.99. The molecule has 18 heavy (non-hydrogen) atoms. The van der Waals surface area contributed by atoms with Gasteiger partial charge in [0.25, 0.3) is 0 Å². The Morgan fingerprint density at radius 2 is 1.72 bits per heavy atom. The van der Waals surface area contributed by atoms with Crippen LogP contribution in [0.25, 0.3) is 0 Å². The van der Waals surface area contributed by atoms with Crippen molar-refractivity contribution in [1.82, 2.24) is 9.78 Å². The lowest BCUT2D eigenvalue weighted by Gasteiger charge is -2.32. The fourth-order valence-corrected chi connectivity index (χ4v) is 1.95. The molecule has 1 aromatic heterocycles. The van der Waals surface area contributed by atoms with E-state index in [4.69, 9.17) is 14.6 Å². The first-order chi connectivity index (χ1) is 8.19. The second-order valence-electron chi connectivity index (χ2n) is 5.67. The molecular weight excluding hydrogens is 229 g/mol. The Hall–Kier alpha value is -1.32. The summed E-state index contributed by atoms with van der Waals surface area (Å²) in [6, 6.07) is 2.10. The van der Waals surface area contributed by atoms with Gasteiger partial charge in [-0.1, -0.05) is 0 Å². The fraction of sp³-hybridized carbons (Fsp3) is 0.667. The van der Waals surface area contributed by atoms with Crippen LogP contribution in [-0.2, 0) is 16.4 Å². The predicted molar refractivity (Wildman–Crippen MR) is 68.4 cm³/mol. The zero-order chi connectivity index (χ0) is 13.7. The number of hydrogen-bond donors (Lipinski definition) is 0. The van der Waals surface area contributed by atoms with Gasteiger partial charge in [-0.2, -0.15) is 10.4 Å². The molecular formula is C12H18BN3O2. The average molecular weight is 247 g/mol. The second kappa shape index (κ2) is 3.84. The van der Waals surface area contributed by atoms with Crippen molar-refractivity contribution in [3.63, 3.8) is 0 Å². The average Bonchev–Trinajstić information content (AvgIpc) is 2.63. The van der Waals surface area contributed by atoms with Crippen LogP contribution in [-0.4, -0.2) is 28.1 Å². The summed E-state index contributed by atoms with van der Waals surface area (Å²) in [4.78, 5) is 0. The molecule has 1 fully saturated rings. The van der Waals surface area contributed by atoms with E-state index < -0.39 is 18.3 Å². The number of nitrogens with zero attached hydrogens (tertiary/aromatic N) is 3. The third-order valence-corrected chi connectivity index (χ3v) is 3.98. The summed E-state index contributed by atoms with van der Waals surface area (Å²) in [5.74, 6) is 0. The molecule has 0 radical (unpaired) electrons. The molecule has 1 aliphatic rings. The summed E-state index contributed by atoms with van der Waals surface area (Å²) in [5.41, 5.74) is 1.18. The minimum absolute atomic E-state index is 0.369. The quantitative estimate of drug-likeness (QED) is 0.692. The Bertz CT molecular complexity index is 512. The van der Waals surface area contributed by atoms with Gasteiger partial charge in [0.05, 0.1) is 11.2 Å². The summed E-state index contributed by atoms with van der Waals surface area (Å²) in [6.07, 6.45) is 0. The monoisotopic (exact) mass is 247 g/mol. The lowest BCUT2D eigenvalue weighted by Crippen LogP contribution is -2.41. The largest absolute Gasteiger partial charge is 0.499 e. The molecule has 0 saturated carbocycles. The molecule has 0 aliphatic carbocycles. The Kier molecular flexibility index (Phi) is 2.80. The normalized spacial score (nSPS) is 21.1. The van der Waals surface area contributed by atoms with E-state index in [2.05, 4.69) is 11.2 Å². The minimum Gasteiger partial charge on any atom is -0.399 e. The lowest BCUT2D eigenvalue weighted by atomic mass is 9.77. The van der Waals surface area contributed by atoms with Crippen molar-refractivity contribution in [3.05, 3.63) is 11.4 Å². The summed E-state index contributed by atoms with van der Waals surface area (Å²) >= 11 is 0. The number of aromatic nitrogens is 2. The van der Waals surface area contributed by atoms with E-state index in [0.29, 0.717) is 5.69 Å². The van der Waals surface area contributed by atoms with Crippen LogP contribution in [0.4, 0.5) is 0 Å². The van der Waals surface area contributed by atoms with Gasteiger partial charge < -0.3 is 9.31 Å². The summed E-state index contributed by atoms with van der Waals surface area (Å²) in [5, 5.41) is 13.3. The molecule has 0 N–H and O–H groups in total. The smallest absolute Gasteiger partial charge is 0.399 e. The highest BCUT2D eigenvalue weighted by molar-refractivity contribution is 6.63. The molecule has 5 nitrogen and oxygen atoms in total. The van der Waals surface area contributed by atoms with Crippen LogP contribution in [0.2, 0.25) is 0 Å². The maximum Gasteiger partial charge on any atom is 0.499 e. The molecule has 6 heteroatoms. The van der Waals surface area contributed by atoms with E-state index in [9.17, 15) is 0 Å². The van der Waals surface area contributed by atoms with Crippen LogP contribution < -0.4 is 5.46 Å². The van der Waals surface area contributed by atoms with Crippen LogP contribution in [0.15, 0.2) is 0 Å². The number of aryl methyl sites for hydroxylation is 1. The number of rotatable bonds is 1. The van der Waals surface area contributed by atoms with E-state index in [1.165, 1.54) is 0 Å². The van der Waals surface area contributed by atoms with Crippen molar-refractivity contribution in [2.45, 2.75) is 45.8 Å². The van der Waals surface area contributed by atoms with E-state index in [1.807, 2.05) is 41.7 Å². The molecule has 0 bridgehead atoms. The number of nitriles is 1. The highest BCUT2D eigenvalue weighted by atomic mass is 16.7. The second-order valence-corrected chi connectivity index (χ2v) is 5.67. The van der Waals surface area contributed by atoms with Gasteiger partial charge in [0, 0.05) is 18.2 Å². The van der Waals surface area contributed by atoms with Gasteiger partial charge in [-0.05, 0) is 34.6 Å². The molecule has 2 rings (SSSR count). The molecule has 2 heterocycles. The SMILES string of the molecule is Cc1c(B2OC(C)(C)C(C)(C)O2)c(C#N)nn1C.